The van der Waals surface area contributed by atoms with Crippen molar-refractivity contribution in [2.45, 2.75) is 12.8 Å². The van der Waals surface area contributed by atoms with Crippen molar-refractivity contribution >= 4 is 11.5 Å². The number of aromatic nitrogens is 2. The largest absolute Gasteiger partial charge is 0.391 e. The summed E-state index contributed by atoms with van der Waals surface area (Å²) >= 11 is 0. The van der Waals surface area contributed by atoms with Crippen LogP contribution in [-0.4, -0.2) is 16.5 Å². The van der Waals surface area contributed by atoms with E-state index in [4.69, 9.17) is 5.73 Å². The van der Waals surface area contributed by atoms with E-state index in [9.17, 15) is 4.79 Å². The van der Waals surface area contributed by atoms with Crippen LogP contribution in [0, 0.1) is 0 Å². The Morgan fingerprint density at radius 2 is 2.06 bits per heavy atom. The maximum atomic E-state index is 11.2. The molecule has 0 radical (unpaired) electrons. The number of anilines is 2. The van der Waals surface area contributed by atoms with E-state index in [1.165, 1.54) is 11.9 Å². The second-order valence-corrected chi connectivity index (χ2v) is 4.01. The lowest BCUT2D eigenvalue weighted by atomic mass is 10.1. The summed E-state index contributed by atoms with van der Waals surface area (Å²) in [6.45, 7) is 0.732. The van der Waals surface area contributed by atoms with Gasteiger partial charge in [0.2, 0.25) is 0 Å². The summed E-state index contributed by atoms with van der Waals surface area (Å²) in [5.41, 5.74) is 6.73. The molecule has 94 valence electrons. The number of hydrogen-bond donors (Lipinski definition) is 3. The van der Waals surface area contributed by atoms with Crippen molar-refractivity contribution in [2.75, 3.05) is 17.6 Å². The third-order valence-electron chi connectivity index (χ3n) is 2.67. The van der Waals surface area contributed by atoms with Crippen LogP contribution in [0.1, 0.15) is 12.0 Å². The predicted molar refractivity (Wildman–Crippen MR) is 72.5 cm³/mol. The summed E-state index contributed by atoms with van der Waals surface area (Å²) in [5.74, 6) is 0.451. The van der Waals surface area contributed by atoms with Crippen molar-refractivity contribution < 1.29 is 0 Å². The Bertz CT molecular complexity index is 550. The highest BCUT2D eigenvalue weighted by Gasteiger charge is 2.02. The normalized spacial score (nSPS) is 10.2. The Morgan fingerprint density at radius 1 is 1.28 bits per heavy atom. The zero-order valence-electron chi connectivity index (χ0n) is 10.0. The number of hydrogen-bond acceptors (Lipinski definition) is 4. The lowest BCUT2D eigenvalue weighted by Gasteiger charge is -2.06. The van der Waals surface area contributed by atoms with Crippen molar-refractivity contribution in [1.29, 1.82) is 0 Å². The Labute approximate surface area is 105 Å². The topological polar surface area (TPSA) is 83.8 Å². The lowest BCUT2D eigenvalue weighted by molar-refractivity contribution is 0.858. The number of nitrogen functional groups attached to an aromatic ring is 1. The van der Waals surface area contributed by atoms with E-state index in [1.54, 1.807) is 0 Å². The van der Waals surface area contributed by atoms with E-state index in [0.29, 0.717) is 5.82 Å². The van der Waals surface area contributed by atoms with Crippen LogP contribution in [-0.2, 0) is 6.42 Å². The van der Waals surface area contributed by atoms with Crippen molar-refractivity contribution in [2.24, 2.45) is 0 Å². The molecule has 1 heterocycles. The number of aryl methyl sites for hydroxylation is 1. The highest BCUT2D eigenvalue weighted by Crippen LogP contribution is 2.08. The van der Waals surface area contributed by atoms with Gasteiger partial charge in [-0.3, -0.25) is 4.79 Å². The quantitative estimate of drug-likeness (QED) is 0.694. The van der Waals surface area contributed by atoms with Gasteiger partial charge in [0.15, 0.2) is 5.82 Å². The van der Waals surface area contributed by atoms with Crippen LogP contribution in [0.5, 0.6) is 0 Å². The first-order valence-electron chi connectivity index (χ1n) is 5.88. The van der Waals surface area contributed by atoms with Gasteiger partial charge in [0.05, 0.1) is 6.33 Å². The monoisotopic (exact) mass is 244 g/mol. The molecule has 0 saturated carbocycles. The predicted octanol–water partition coefficient (Wildman–Crippen LogP) is 1.40. The molecule has 1 aromatic heterocycles. The molecule has 0 aliphatic rings. The van der Waals surface area contributed by atoms with Gasteiger partial charge in [-0.2, -0.15) is 0 Å². The second-order valence-electron chi connectivity index (χ2n) is 4.01. The van der Waals surface area contributed by atoms with Gasteiger partial charge in [-0.25, -0.2) is 4.98 Å². The number of H-pyrrole nitrogens is 1. The molecule has 5 nitrogen and oxygen atoms in total. The van der Waals surface area contributed by atoms with Crippen molar-refractivity contribution in [3.8, 4) is 0 Å². The fraction of sp³-hybridized carbons (Fsp3) is 0.231. The van der Waals surface area contributed by atoms with Gasteiger partial charge >= 0.3 is 0 Å². The number of rotatable bonds is 5. The highest BCUT2D eigenvalue weighted by atomic mass is 16.1. The summed E-state index contributed by atoms with van der Waals surface area (Å²) in [6, 6.07) is 10.3. The molecule has 0 saturated heterocycles. The average molecular weight is 244 g/mol. The molecule has 0 fully saturated rings. The minimum atomic E-state index is -0.310. The van der Waals surface area contributed by atoms with Gasteiger partial charge in [-0.05, 0) is 18.4 Å². The number of aromatic amines is 1. The molecule has 0 aliphatic carbocycles. The molecule has 4 N–H and O–H groups in total. The van der Waals surface area contributed by atoms with Crippen LogP contribution in [0.15, 0.2) is 41.5 Å². The molecule has 0 atom stereocenters. The van der Waals surface area contributed by atoms with Crippen LogP contribution < -0.4 is 16.6 Å². The molecular formula is C13H16N4O. The molecule has 0 spiro atoms. The Kier molecular flexibility index (Phi) is 3.96. The third-order valence-corrected chi connectivity index (χ3v) is 2.67. The summed E-state index contributed by atoms with van der Waals surface area (Å²) in [6.07, 6.45) is 3.28. The van der Waals surface area contributed by atoms with Crippen LogP contribution in [0.4, 0.5) is 11.5 Å². The first-order chi connectivity index (χ1) is 8.77. The summed E-state index contributed by atoms with van der Waals surface area (Å²) in [4.78, 5) is 17.6. The Hall–Kier alpha value is -2.30. The number of benzene rings is 1. The van der Waals surface area contributed by atoms with E-state index >= 15 is 0 Å². The van der Waals surface area contributed by atoms with Crippen LogP contribution >= 0.6 is 0 Å². The molecule has 1 aromatic carbocycles. The Balaban J connectivity index is 1.82. The smallest absolute Gasteiger partial charge is 0.276 e. The summed E-state index contributed by atoms with van der Waals surface area (Å²) in [7, 11) is 0. The zero-order valence-corrected chi connectivity index (χ0v) is 10.0. The third kappa shape index (κ3) is 3.10. The molecule has 0 bridgehead atoms. The molecular weight excluding hydrogens is 228 g/mol. The molecule has 0 aliphatic heterocycles. The van der Waals surface area contributed by atoms with Gasteiger partial charge in [0, 0.05) is 6.54 Å². The fourth-order valence-electron chi connectivity index (χ4n) is 1.70. The average Bonchev–Trinajstić information content (AvgIpc) is 2.40. The van der Waals surface area contributed by atoms with Crippen molar-refractivity contribution in [1.82, 2.24) is 9.97 Å². The number of nitrogens with two attached hydrogens (primary N) is 1. The molecule has 18 heavy (non-hydrogen) atoms. The van der Waals surface area contributed by atoms with E-state index < -0.39 is 0 Å². The maximum absolute atomic E-state index is 11.2. The van der Waals surface area contributed by atoms with Gasteiger partial charge in [-0.15, -0.1) is 0 Å². The maximum Gasteiger partial charge on any atom is 0.276 e. The minimum Gasteiger partial charge on any atom is -0.391 e. The molecule has 2 aromatic rings. The van der Waals surface area contributed by atoms with Crippen LogP contribution in [0.2, 0.25) is 0 Å². The summed E-state index contributed by atoms with van der Waals surface area (Å²) in [5, 5.41) is 3.07. The standard InChI is InChI=1S/C13H16N4O/c14-11-12(16-9-17-13(11)18)15-8-4-7-10-5-2-1-3-6-10/h1-3,5-6,9H,4,7-8,14H2,(H2,15,16,17,18). The molecule has 0 unspecified atom stereocenters. The first kappa shape index (κ1) is 12.2. The van der Waals surface area contributed by atoms with E-state index in [1.807, 2.05) is 18.2 Å². The van der Waals surface area contributed by atoms with Gasteiger partial charge in [0.25, 0.3) is 5.56 Å². The SMILES string of the molecule is Nc1c(NCCCc2ccccc2)nc[nH]c1=O. The van der Waals surface area contributed by atoms with E-state index in [2.05, 4.69) is 27.4 Å². The minimum absolute atomic E-state index is 0.136. The number of nitrogens with one attached hydrogen (secondary N) is 2. The number of nitrogens with zero attached hydrogens (tertiary/aromatic N) is 1. The molecule has 0 amide bonds. The summed E-state index contributed by atoms with van der Waals surface area (Å²) < 4.78 is 0. The van der Waals surface area contributed by atoms with Gasteiger partial charge < -0.3 is 16.0 Å². The van der Waals surface area contributed by atoms with E-state index in [-0.39, 0.29) is 11.2 Å². The van der Waals surface area contributed by atoms with Gasteiger partial charge in [0.1, 0.15) is 5.69 Å². The van der Waals surface area contributed by atoms with Crippen molar-refractivity contribution in [3.63, 3.8) is 0 Å². The van der Waals surface area contributed by atoms with Crippen LogP contribution in [0.3, 0.4) is 0 Å². The van der Waals surface area contributed by atoms with Crippen LogP contribution in [0.25, 0.3) is 0 Å². The van der Waals surface area contributed by atoms with Gasteiger partial charge in [-0.1, -0.05) is 30.3 Å². The molecule has 5 heteroatoms. The van der Waals surface area contributed by atoms with E-state index in [0.717, 1.165) is 19.4 Å². The Morgan fingerprint density at radius 3 is 2.83 bits per heavy atom. The lowest BCUT2D eigenvalue weighted by Crippen LogP contribution is -2.16. The first-order valence-corrected chi connectivity index (χ1v) is 5.88. The highest BCUT2D eigenvalue weighted by molar-refractivity contribution is 5.58. The molecule has 2 rings (SSSR count). The fourth-order valence-corrected chi connectivity index (χ4v) is 1.70. The second kappa shape index (κ2) is 5.86. The zero-order chi connectivity index (χ0) is 12.8. The van der Waals surface area contributed by atoms with Crippen molar-refractivity contribution in [3.05, 3.63) is 52.6 Å².